The van der Waals surface area contributed by atoms with Gasteiger partial charge in [-0.15, -0.1) is 0 Å². The summed E-state index contributed by atoms with van der Waals surface area (Å²) in [6, 6.07) is 65.5. The van der Waals surface area contributed by atoms with Crippen molar-refractivity contribution in [1.82, 2.24) is 14.1 Å². The Morgan fingerprint density at radius 1 is 0.525 bits per heavy atom. The Morgan fingerprint density at radius 2 is 1.17 bits per heavy atom. The molecule has 0 spiro atoms. The van der Waals surface area contributed by atoms with Gasteiger partial charge in [0.2, 0.25) is 6.33 Å². The molecule has 1 aliphatic rings. The molecule has 0 aliphatic heterocycles. The molecule has 10 aromatic rings. The number of para-hydroxylation sites is 3. The highest BCUT2D eigenvalue weighted by atomic mass is 15.1. The Hall–Kier alpha value is -7.04. The summed E-state index contributed by atoms with van der Waals surface area (Å²) in [4.78, 5) is 5.10. The number of pyridine rings is 1. The van der Waals surface area contributed by atoms with E-state index in [9.17, 15) is 0 Å². The van der Waals surface area contributed by atoms with Crippen LogP contribution in [0.4, 0.5) is 0 Å². The molecule has 3 aromatic heterocycles. The molecule has 0 saturated carbocycles. The van der Waals surface area contributed by atoms with Crippen LogP contribution in [-0.2, 0) is 5.41 Å². The molecule has 4 nitrogen and oxygen atoms in total. The summed E-state index contributed by atoms with van der Waals surface area (Å²) in [5, 5.41) is 2.42. The van der Waals surface area contributed by atoms with Gasteiger partial charge >= 0.3 is 0 Å². The van der Waals surface area contributed by atoms with E-state index in [4.69, 9.17) is 4.98 Å². The van der Waals surface area contributed by atoms with Gasteiger partial charge in [-0.2, -0.15) is 4.57 Å². The molecule has 7 aromatic carbocycles. The fourth-order valence-corrected chi connectivity index (χ4v) is 10.1. The molecule has 0 fully saturated rings. The predicted molar refractivity (Wildman–Crippen MR) is 243 cm³/mol. The first-order valence-corrected chi connectivity index (χ1v) is 20.8. The molecule has 0 N–H and O–H groups in total. The van der Waals surface area contributed by atoms with Crippen molar-refractivity contribution >= 4 is 32.8 Å². The second-order valence-electron chi connectivity index (χ2n) is 16.6. The van der Waals surface area contributed by atoms with Crippen LogP contribution in [0.3, 0.4) is 0 Å². The lowest BCUT2D eigenvalue weighted by atomic mass is 9.67. The quantitative estimate of drug-likeness (QED) is 0.149. The van der Waals surface area contributed by atoms with E-state index in [1.807, 2.05) is 6.20 Å². The first kappa shape index (κ1) is 35.1. The molecule has 1 aliphatic carbocycles. The topological polar surface area (TPSA) is 26.6 Å². The minimum atomic E-state index is -0.596. The summed E-state index contributed by atoms with van der Waals surface area (Å²) in [6.45, 7) is 9.03. The normalized spacial score (nSPS) is 13.2. The molecular weight excluding hydrogens is 717 g/mol. The van der Waals surface area contributed by atoms with Crippen LogP contribution in [0, 0.1) is 0 Å². The molecule has 0 unspecified atom stereocenters. The third-order valence-electron chi connectivity index (χ3n) is 12.7. The largest absolute Gasteiger partial charge is 0.294 e. The summed E-state index contributed by atoms with van der Waals surface area (Å²) >= 11 is 0. The maximum atomic E-state index is 5.10. The number of fused-ring (bicyclic) bond motifs is 7. The van der Waals surface area contributed by atoms with Crippen LogP contribution in [0.2, 0.25) is 0 Å². The molecular formula is C55H45N4+. The van der Waals surface area contributed by atoms with Gasteiger partial charge in [0, 0.05) is 17.0 Å². The number of nitrogens with zero attached hydrogens (tertiary/aromatic N) is 4. The minimum absolute atomic E-state index is 0.322. The van der Waals surface area contributed by atoms with Crippen molar-refractivity contribution in [3.8, 4) is 33.8 Å². The number of rotatable bonds is 7. The summed E-state index contributed by atoms with van der Waals surface area (Å²) < 4.78 is 7.11. The highest BCUT2D eigenvalue weighted by molar-refractivity contribution is 6.09. The van der Waals surface area contributed by atoms with Crippen LogP contribution in [0.5, 0.6) is 0 Å². The van der Waals surface area contributed by atoms with Crippen LogP contribution in [0.15, 0.2) is 188 Å². The van der Waals surface area contributed by atoms with Gasteiger partial charge in [-0.3, -0.25) is 4.57 Å². The number of aromatic nitrogens is 4. The molecule has 0 amide bonds. The molecule has 11 rings (SSSR count). The predicted octanol–water partition coefficient (Wildman–Crippen LogP) is 13.1. The molecule has 0 atom stereocenters. The first-order valence-electron chi connectivity index (χ1n) is 20.8. The van der Waals surface area contributed by atoms with E-state index in [0.717, 1.165) is 22.5 Å². The van der Waals surface area contributed by atoms with Gasteiger partial charge in [0.15, 0.2) is 11.0 Å². The van der Waals surface area contributed by atoms with Crippen molar-refractivity contribution in [3.05, 3.63) is 216 Å². The van der Waals surface area contributed by atoms with Crippen molar-refractivity contribution in [1.29, 1.82) is 0 Å². The average Bonchev–Trinajstić information content (AvgIpc) is 3.93. The maximum absolute atomic E-state index is 5.10. The first-order chi connectivity index (χ1) is 28.9. The summed E-state index contributed by atoms with van der Waals surface area (Å²) in [6.07, 6.45) is 4.24. The SMILES string of the molecule is CC(C)c1ccccc1-c1ccnc(-n2c3ccccc3c3ccc(C4(c5cccc(-n6c[n+](C(C)C)c7ccccc76)c5)c5ccccc5-c5ccccc54)cc32)c1. The van der Waals surface area contributed by atoms with Gasteiger partial charge < -0.3 is 0 Å². The van der Waals surface area contributed by atoms with Gasteiger partial charge in [-0.05, 0) is 118 Å². The van der Waals surface area contributed by atoms with Crippen LogP contribution in [-0.4, -0.2) is 14.1 Å². The summed E-state index contributed by atoms with van der Waals surface area (Å²) in [7, 11) is 0. The summed E-state index contributed by atoms with van der Waals surface area (Å²) in [5.74, 6) is 1.31. The zero-order valence-electron chi connectivity index (χ0n) is 33.8. The zero-order chi connectivity index (χ0) is 39.8. The second kappa shape index (κ2) is 13.5. The number of imidazole rings is 1. The van der Waals surface area contributed by atoms with Gasteiger partial charge in [-0.25, -0.2) is 9.55 Å². The fraction of sp³-hybridized carbons (Fsp3) is 0.127. The van der Waals surface area contributed by atoms with Crippen LogP contribution in [0.25, 0.3) is 66.6 Å². The van der Waals surface area contributed by atoms with E-state index in [2.05, 4.69) is 224 Å². The molecule has 59 heavy (non-hydrogen) atoms. The Kier molecular flexibility index (Phi) is 8.06. The number of hydrogen-bond acceptors (Lipinski definition) is 1. The van der Waals surface area contributed by atoms with E-state index in [1.165, 1.54) is 71.9 Å². The smallest absolute Gasteiger partial charge is 0.250 e. The third kappa shape index (κ3) is 5.22. The van der Waals surface area contributed by atoms with Crippen LogP contribution < -0.4 is 4.57 Å². The van der Waals surface area contributed by atoms with E-state index in [1.54, 1.807) is 0 Å². The minimum Gasteiger partial charge on any atom is -0.294 e. The van der Waals surface area contributed by atoms with Gasteiger partial charge in [0.25, 0.3) is 0 Å². The second-order valence-corrected chi connectivity index (χ2v) is 16.6. The van der Waals surface area contributed by atoms with E-state index in [0.29, 0.717) is 12.0 Å². The highest BCUT2D eigenvalue weighted by Gasteiger charge is 2.46. The van der Waals surface area contributed by atoms with Gasteiger partial charge in [0.05, 0.1) is 22.5 Å². The van der Waals surface area contributed by atoms with Crippen LogP contribution >= 0.6 is 0 Å². The number of benzene rings is 7. The molecule has 284 valence electrons. The van der Waals surface area contributed by atoms with Crippen molar-refractivity contribution in [2.45, 2.75) is 45.1 Å². The van der Waals surface area contributed by atoms with Crippen molar-refractivity contribution in [3.63, 3.8) is 0 Å². The maximum Gasteiger partial charge on any atom is 0.250 e. The standard InChI is InChI=1S/C55H45N4/c1-36(2)42-18-5-6-19-43(42)38-30-31-56-54(32-38)59-50-25-12-9-22-46(50)47-29-28-40(34-53(47)59)55(48-23-10-7-20-44(48)45-21-8-11-24-49(45)55)39-16-15-17-41(33-39)58-35-57(37(3)4)51-26-13-14-27-52(51)58/h5-37H,1-4H3/q+1. The van der Waals surface area contributed by atoms with Crippen LogP contribution in [0.1, 0.15) is 67.5 Å². The van der Waals surface area contributed by atoms with Crippen molar-refractivity contribution < 1.29 is 4.57 Å². The molecule has 0 saturated heterocycles. The zero-order valence-corrected chi connectivity index (χ0v) is 33.8. The molecule has 4 heteroatoms. The van der Waals surface area contributed by atoms with Gasteiger partial charge in [-0.1, -0.05) is 141 Å². The van der Waals surface area contributed by atoms with Crippen molar-refractivity contribution in [2.75, 3.05) is 0 Å². The monoisotopic (exact) mass is 761 g/mol. The lowest BCUT2D eigenvalue weighted by Crippen LogP contribution is -2.34. The molecule has 0 bridgehead atoms. The van der Waals surface area contributed by atoms with Crippen molar-refractivity contribution in [2.24, 2.45) is 0 Å². The van der Waals surface area contributed by atoms with E-state index in [-0.39, 0.29) is 0 Å². The number of hydrogen-bond donors (Lipinski definition) is 0. The Labute approximate surface area is 345 Å². The van der Waals surface area contributed by atoms with E-state index < -0.39 is 5.41 Å². The Bertz CT molecular complexity index is 3200. The lowest BCUT2D eigenvalue weighted by Gasteiger charge is -2.34. The van der Waals surface area contributed by atoms with Gasteiger partial charge in [0.1, 0.15) is 11.5 Å². The fourth-order valence-electron chi connectivity index (χ4n) is 10.1. The summed E-state index contributed by atoms with van der Waals surface area (Å²) in [5.41, 5.74) is 16.6. The third-order valence-corrected chi connectivity index (χ3v) is 12.7. The molecule has 3 heterocycles. The lowest BCUT2D eigenvalue weighted by molar-refractivity contribution is -0.691. The molecule has 0 radical (unpaired) electrons. The highest BCUT2D eigenvalue weighted by Crippen LogP contribution is 2.56. The Balaban J connectivity index is 1.19. The Morgan fingerprint density at radius 3 is 1.93 bits per heavy atom. The van der Waals surface area contributed by atoms with E-state index >= 15 is 0 Å². The average molecular weight is 762 g/mol.